The van der Waals surface area contributed by atoms with Crippen molar-refractivity contribution in [3.8, 4) is 11.5 Å². The normalized spacial score (nSPS) is 16.1. The monoisotopic (exact) mass is 468 g/mol. The Morgan fingerprint density at radius 3 is 2.70 bits per heavy atom. The lowest BCUT2D eigenvalue weighted by atomic mass is 9.95. The molecule has 4 heterocycles. The average molecular weight is 469 g/mol. The lowest BCUT2D eigenvalue weighted by Gasteiger charge is -2.31. The van der Waals surface area contributed by atoms with Gasteiger partial charge in [-0.15, -0.1) is 11.3 Å². The number of likely N-dealkylation sites (tertiary alicyclic amines) is 1. The fourth-order valence-electron chi connectivity index (χ4n) is 4.41. The molecule has 1 N–H and O–H groups in total. The second kappa shape index (κ2) is 8.70. The third-order valence-electron chi connectivity index (χ3n) is 6.15. The minimum Gasteiger partial charge on any atom is -0.454 e. The van der Waals surface area contributed by atoms with Gasteiger partial charge in [-0.1, -0.05) is 13.8 Å². The zero-order valence-electron chi connectivity index (χ0n) is 19.1. The number of hydrogen-bond donors (Lipinski definition) is 1. The number of rotatable bonds is 5. The van der Waals surface area contributed by atoms with Crippen molar-refractivity contribution in [1.82, 2.24) is 14.7 Å². The number of aryl methyl sites for hydroxylation is 1. The Morgan fingerprint density at radius 1 is 1.18 bits per heavy atom. The summed E-state index contributed by atoms with van der Waals surface area (Å²) < 4.78 is 12.7. The number of carbonyl (C=O) groups is 2. The van der Waals surface area contributed by atoms with Crippen LogP contribution in [0.3, 0.4) is 0 Å². The molecule has 33 heavy (non-hydrogen) atoms. The summed E-state index contributed by atoms with van der Waals surface area (Å²) in [7, 11) is 0. The first kappa shape index (κ1) is 21.8. The number of benzene rings is 1. The second-order valence-corrected chi connectivity index (χ2v) is 10.1. The third kappa shape index (κ3) is 4.29. The van der Waals surface area contributed by atoms with Crippen molar-refractivity contribution in [3.63, 3.8) is 0 Å². The van der Waals surface area contributed by atoms with Crippen molar-refractivity contribution in [2.24, 2.45) is 11.8 Å². The fraction of sp³-hybridized carbons (Fsp3) is 0.458. The number of thiophene rings is 1. The van der Waals surface area contributed by atoms with Gasteiger partial charge in [-0.3, -0.25) is 14.3 Å². The molecule has 5 rings (SSSR count). The summed E-state index contributed by atoms with van der Waals surface area (Å²) in [4.78, 5) is 29.6. The number of amides is 2. The first-order valence-electron chi connectivity index (χ1n) is 11.4. The predicted molar refractivity (Wildman–Crippen MR) is 127 cm³/mol. The minimum absolute atomic E-state index is 0.0211. The molecule has 0 aliphatic carbocycles. The van der Waals surface area contributed by atoms with Crippen LogP contribution in [0, 0.1) is 18.8 Å². The van der Waals surface area contributed by atoms with Gasteiger partial charge >= 0.3 is 0 Å². The molecule has 1 saturated heterocycles. The lowest BCUT2D eigenvalue weighted by Crippen LogP contribution is -2.41. The van der Waals surface area contributed by atoms with Crippen LogP contribution in [0.15, 0.2) is 24.3 Å². The van der Waals surface area contributed by atoms with Crippen LogP contribution >= 0.6 is 11.3 Å². The number of anilines is 1. The lowest BCUT2D eigenvalue weighted by molar-refractivity contribution is -0.121. The van der Waals surface area contributed by atoms with E-state index in [4.69, 9.17) is 9.47 Å². The van der Waals surface area contributed by atoms with Crippen molar-refractivity contribution in [2.45, 2.75) is 40.2 Å². The molecule has 2 aliphatic heterocycles. The highest BCUT2D eigenvalue weighted by molar-refractivity contribution is 7.20. The number of ether oxygens (including phenoxy) is 2. The maximum atomic E-state index is 13.2. The molecule has 0 saturated carbocycles. The van der Waals surface area contributed by atoms with Gasteiger partial charge in [0, 0.05) is 42.7 Å². The van der Waals surface area contributed by atoms with E-state index >= 15 is 0 Å². The maximum absolute atomic E-state index is 13.2. The molecule has 2 aliphatic rings. The molecule has 1 aromatic carbocycles. The average Bonchev–Trinajstić information content (AvgIpc) is 3.50. The molecule has 2 aromatic heterocycles. The highest BCUT2D eigenvalue weighted by Gasteiger charge is 2.29. The van der Waals surface area contributed by atoms with Gasteiger partial charge in [0.2, 0.25) is 12.7 Å². The topological polar surface area (TPSA) is 85.7 Å². The predicted octanol–water partition coefficient (Wildman–Crippen LogP) is 4.28. The zero-order valence-corrected chi connectivity index (χ0v) is 19.9. The van der Waals surface area contributed by atoms with E-state index < -0.39 is 0 Å². The summed E-state index contributed by atoms with van der Waals surface area (Å²) in [5.74, 6) is 1.71. The van der Waals surface area contributed by atoms with Gasteiger partial charge in [0.25, 0.3) is 5.91 Å². The van der Waals surface area contributed by atoms with Crippen LogP contribution in [0.5, 0.6) is 11.5 Å². The Balaban J connectivity index is 1.21. The first-order chi connectivity index (χ1) is 15.9. The molecule has 2 amide bonds. The molecular weight excluding hydrogens is 440 g/mol. The Labute approximate surface area is 196 Å². The van der Waals surface area contributed by atoms with Gasteiger partial charge in [-0.2, -0.15) is 5.10 Å². The standard InChI is InChI=1S/C24H28N4O4S/c1-14(2)12-28-24-18(15(3)26-28)11-21(33-24)23(30)27-8-6-16(7-9-27)22(29)25-17-4-5-19-20(10-17)32-13-31-19/h4-5,10-11,14,16H,6-9,12-13H2,1-3H3,(H,25,29). The van der Waals surface area contributed by atoms with Gasteiger partial charge in [-0.05, 0) is 43.9 Å². The molecule has 0 unspecified atom stereocenters. The van der Waals surface area contributed by atoms with Crippen molar-refractivity contribution in [3.05, 3.63) is 34.8 Å². The van der Waals surface area contributed by atoms with Gasteiger partial charge < -0.3 is 19.7 Å². The Kier molecular flexibility index (Phi) is 5.74. The van der Waals surface area contributed by atoms with E-state index in [1.165, 1.54) is 11.3 Å². The van der Waals surface area contributed by atoms with E-state index in [0.717, 1.165) is 27.3 Å². The smallest absolute Gasteiger partial charge is 0.264 e. The van der Waals surface area contributed by atoms with Crippen molar-refractivity contribution in [1.29, 1.82) is 0 Å². The Hall–Kier alpha value is -3.07. The van der Waals surface area contributed by atoms with Gasteiger partial charge in [0.15, 0.2) is 11.5 Å². The van der Waals surface area contributed by atoms with Gasteiger partial charge in [0.1, 0.15) is 4.83 Å². The second-order valence-electron chi connectivity index (χ2n) is 9.11. The molecule has 0 atom stereocenters. The number of nitrogens with zero attached hydrogens (tertiary/aromatic N) is 3. The van der Waals surface area contributed by atoms with E-state index in [-0.39, 0.29) is 24.5 Å². The number of nitrogens with one attached hydrogen (secondary N) is 1. The number of carbonyl (C=O) groups excluding carboxylic acids is 2. The Bertz CT molecular complexity index is 1210. The molecule has 174 valence electrons. The highest BCUT2D eigenvalue weighted by Crippen LogP contribution is 2.35. The van der Waals surface area contributed by atoms with E-state index in [1.54, 1.807) is 12.1 Å². The molecule has 9 heteroatoms. The van der Waals surface area contributed by atoms with Gasteiger partial charge in [0.05, 0.1) is 10.6 Å². The van der Waals surface area contributed by atoms with E-state index in [0.29, 0.717) is 49.0 Å². The number of fused-ring (bicyclic) bond motifs is 2. The van der Waals surface area contributed by atoms with E-state index in [2.05, 4.69) is 24.3 Å². The Morgan fingerprint density at radius 2 is 1.94 bits per heavy atom. The molecule has 0 spiro atoms. The van der Waals surface area contributed by atoms with Crippen molar-refractivity contribution < 1.29 is 19.1 Å². The SMILES string of the molecule is Cc1nn(CC(C)C)c2sc(C(=O)N3CCC(C(=O)Nc4ccc5c(c4)OCO5)CC3)cc12. The highest BCUT2D eigenvalue weighted by atomic mass is 32.1. The molecule has 1 fully saturated rings. The molecule has 8 nitrogen and oxygen atoms in total. The zero-order chi connectivity index (χ0) is 23.1. The summed E-state index contributed by atoms with van der Waals surface area (Å²) in [6, 6.07) is 7.36. The van der Waals surface area contributed by atoms with E-state index in [9.17, 15) is 9.59 Å². The van der Waals surface area contributed by atoms with Crippen molar-refractivity contribution in [2.75, 3.05) is 25.2 Å². The van der Waals surface area contributed by atoms with Crippen LogP contribution in [0.2, 0.25) is 0 Å². The van der Waals surface area contributed by atoms with Crippen LogP contribution in [0.1, 0.15) is 42.1 Å². The third-order valence-corrected chi connectivity index (χ3v) is 7.29. The summed E-state index contributed by atoms with van der Waals surface area (Å²) in [5.41, 5.74) is 1.65. The maximum Gasteiger partial charge on any atom is 0.264 e. The number of piperidine rings is 1. The van der Waals surface area contributed by atoms with Crippen LogP contribution in [-0.2, 0) is 11.3 Å². The van der Waals surface area contributed by atoms with Crippen LogP contribution in [0.25, 0.3) is 10.2 Å². The number of hydrogen-bond acceptors (Lipinski definition) is 6. The van der Waals surface area contributed by atoms with Crippen LogP contribution in [-0.4, -0.2) is 46.4 Å². The quantitative estimate of drug-likeness (QED) is 0.604. The van der Waals surface area contributed by atoms with Gasteiger partial charge in [-0.25, -0.2) is 0 Å². The first-order valence-corrected chi connectivity index (χ1v) is 12.2. The number of aromatic nitrogens is 2. The minimum atomic E-state index is -0.122. The van der Waals surface area contributed by atoms with Crippen LogP contribution < -0.4 is 14.8 Å². The summed E-state index contributed by atoms with van der Waals surface area (Å²) in [6.07, 6.45) is 1.29. The summed E-state index contributed by atoms with van der Waals surface area (Å²) >= 11 is 1.51. The molecule has 0 radical (unpaired) electrons. The summed E-state index contributed by atoms with van der Waals surface area (Å²) in [6.45, 7) is 8.50. The fourth-order valence-corrected chi connectivity index (χ4v) is 5.55. The molecular formula is C24H28N4O4S. The molecule has 3 aromatic rings. The largest absolute Gasteiger partial charge is 0.454 e. The van der Waals surface area contributed by atoms with Crippen molar-refractivity contribution >= 4 is 39.1 Å². The van der Waals surface area contributed by atoms with Crippen LogP contribution in [0.4, 0.5) is 5.69 Å². The van der Waals surface area contributed by atoms with E-state index in [1.807, 2.05) is 28.6 Å². The summed E-state index contributed by atoms with van der Waals surface area (Å²) in [5, 5.41) is 8.66. The molecule has 0 bridgehead atoms.